The molecule has 5 nitrogen and oxygen atoms in total. The molecule has 118 valence electrons. The maximum absolute atomic E-state index is 13.1. The van der Waals surface area contributed by atoms with Gasteiger partial charge in [-0.2, -0.15) is 0 Å². The highest BCUT2D eigenvalue weighted by Gasteiger charge is 2.22. The minimum absolute atomic E-state index is 0.0367. The Bertz CT molecular complexity index is 813. The molecule has 0 fully saturated rings. The number of hydrogen-bond donors (Lipinski definition) is 1. The van der Waals surface area contributed by atoms with Gasteiger partial charge in [0.05, 0.1) is 18.6 Å². The highest BCUT2D eigenvalue weighted by molar-refractivity contribution is 5.79. The monoisotopic (exact) mass is 313 g/mol. The molecule has 0 saturated carbocycles. The zero-order chi connectivity index (χ0) is 16.2. The van der Waals surface area contributed by atoms with Crippen LogP contribution in [-0.2, 0) is 17.8 Å². The average Bonchev–Trinajstić information content (AvgIpc) is 2.55. The van der Waals surface area contributed by atoms with Gasteiger partial charge >= 0.3 is 0 Å². The molecule has 1 aliphatic rings. The summed E-state index contributed by atoms with van der Waals surface area (Å²) in [6.45, 7) is 0.861. The number of amides is 1. The third kappa shape index (κ3) is 3.53. The molecule has 0 atom stereocenters. The number of H-pyrrole nitrogens is 1. The first-order chi connectivity index (χ1) is 11.1. The van der Waals surface area contributed by atoms with Crippen LogP contribution in [0.15, 0.2) is 41.5 Å². The van der Waals surface area contributed by atoms with Crippen molar-refractivity contribution in [2.45, 2.75) is 19.4 Å². The van der Waals surface area contributed by atoms with Crippen LogP contribution in [0.3, 0.4) is 0 Å². The van der Waals surface area contributed by atoms with Crippen molar-refractivity contribution in [2.75, 3.05) is 6.54 Å². The van der Waals surface area contributed by atoms with E-state index in [4.69, 9.17) is 0 Å². The zero-order valence-electron chi connectivity index (χ0n) is 12.5. The molecule has 1 N–H and O–H groups in total. The number of rotatable bonds is 3. The molecule has 23 heavy (non-hydrogen) atoms. The van der Waals surface area contributed by atoms with Crippen molar-refractivity contribution in [3.63, 3.8) is 0 Å². The molecule has 0 bridgehead atoms. The molecule has 2 aromatic rings. The van der Waals surface area contributed by atoms with E-state index in [1.165, 1.54) is 18.5 Å². The fourth-order valence-corrected chi connectivity index (χ4v) is 2.61. The number of aromatic nitrogens is 2. The van der Waals surface area contributed by atoms with Crippen molar-refractivity contribution in [2.24, 2.45) is 0 Å². The van der Waals surface area contributed by atoms with Gasteiger partial charge in [0.1, 0.15) is 5.82 Å². The summed E-state index contributed by atoms with van der Waals surface area (Å²) < 4.78 is 13.1. The molecule has 0 aliphatic carbocycles. The van der Waals surface area contributed by atoms with Crippen molar-refractivity contribution >= 4 is 12.0 Å². The maximum atomic E-state index is 13.1. The molecule has 1 aromatic carbocycles. The second-order valence-corrected chi connectivity index (χ2v) is 5.38. The normalized spacial score (nSPS) is 14.0. The Labute approximate surface area is 132 Å². The van der Waals surface area contributed by atoms with E-state index < -0.39 is 0 Å². The summed E-state index contributed by atoms with van der Waals surface area (Å²) in [7, 11) is 0. The average molecular weight is 313 g/mol. The summed E-state index contributed by atoms with van der Waals surface area (Å²) in [4.78, 5) is 32.3. The summed E-state index contributed by atoms with van der Waals surface area (Å²) >= 11 is 0. The van der Waals surface area contributed by atoms with E-state index in [1.54, 1.807) is 29.2 Å². The van der Waals surface area contributed by atoms with Crippen molar-refractivity contribution in [3.05, 3.63) is 69.7 Å². The van der Waals surface area contributed by atoms with Gasteiger partial charge in [0, 0.05) is 18.5 Å². The minimum atomic E-state index is -0.303. The molecular formula is C17H16FN3O2. The predicted octanol–water partition coefficient (Wildman–Crippen LogP) is 1.90. The third-order valence-corrected chi connectivity index (χ3v) is 3.81. The Hall–Kier alpha value is -2.76. The second-order valence-electron chi connectivity index (χ2n) is 5.38. The first-order valence-electron chi connectivity index (χ1n) is 7.39. The van der Waals surface area contributed by atoms with Crippen LogP contribution in [0.1, 0.15) is 23.2 Å². The molecule has 1 aliphatic heterocycles. The van der Waals surface area contributed by atoms with Crippen LogP contribution >= 0.6 is 0 Å². The molecule has 0 unspecified atom stereocenters. The fourth-order valence-electron chi connectivity index (χ4n) is 2.61. The summed E-state index contributed by atoms with van der Waals surface area (Å²) in [6, 6.07) is 6.19. The molecule has 0 spiro atoms. The van der Waals surface area contributed by atoms with Crippen LogP contribution in [0.4, 0.5) is 4.39 Å². The van der Waals surface area contributed by atoms with E-state index in [1.807, 2.05) is 0 Å². The fraction of sp³-hybridized carbons (Fsp3) is 0.235. The van der Waals surface area contributed by atoms with Gasteiger partial charge in [-0.25, -0.2) is 9.37 Å². The molecule has 1 aromatic heterocycles. The first-order valence-corrected chi connectivity index (χ1v) is 7.39. The van der Waals surface area contributed by atoms with Crippen LogP contribution < -0.4 is 5.56 Å². The Morgan fingerprint density at radius 2 is 2.30 bits per heavy atom. The second kappa shape index (κ2) is 6.56. The summed E-state index contributed by atoms with van der Waals surface area (Å²) in [5.74, 6) is -0.340. The van der Waals surface area contributed by atoms with Crippen LogP contribution in [0, 0.1) is 5.82 Å². The lowest BCUT2D eigenvalue weighted by atomic mass is 10.1. The van der Waals surface area contributed by atoms with E-state index in [0.717, 1.165) is 5.56 Å². The number of fused-ring (bicyclic) bond motifs is 1. The Balaban J connectivity index is 1.62. The van der Waals surface area contributed by atoms with E-state index in [-0.39, 0.29) is 23.7 Å². The van der Waals surface area contributed by atoms with E-state index >= 15 is 0 Å². The lowest BCUT2D eigenvalue weighted by Gasteiger charge is -2.27. The number of halogens is 1. The highest BCUT2D eigenvalue weighted by Crippen LogP contribution is 2.14. The number of carbonyl (C=O) groups is 1. The number of hydrogen-bond acceptors (Lipinski definition) is 3. The van der Waals surface area contributed by atoms with Gasteiger partial charge in [-0.3, -0.25) is 9.59 Å². The topological polar surface area (TPSA) is 66.1 Å². The van der Waals surface area contributed by atoms with Gasteiger partial charge in [0.15, 0.2) is 0 Å². The van der Waals surface area contributed by atoms with Gasteiger partial charge in [0.2, 0.25) is 5.91 Å². The molecule has 6 heteroatoms. The van der Waals surface area contributed by atoms with Gasteiger partial charge in [0.25, 0.3) is 5.56 Å². The Morgan fingerprint density at radius 1 is 1.43 bits per heavy atom. The largest absolute Gasteiger partial charge is 0.336 e. The number of benzene rings is 1. The van der Waals surface area contributed by atoms with Crippen molar-refractivity contribution < 1.29 is 9.18 Å². The maximum Gasteiger partial charge on any atom is 0.254 e. The van der Waals surface area contributed by atoms with Gasteiger partial charge < -0.3 is 9.88 Å². The van der Waals surface area contributed by atoms with Gasteiger partial charge in [-0.05, 0) is 24.1 Å². The van der Waals surface area contributed by atoms with Crippen LogP contribution in [0.25, 0.3) is 6.08 Å². The molecular weight excluding hydrogens is 297 g/mol. The highest BCUT2D eigenvalue weighted by atomic mass is 19.1. The standard InChI is InChI=1S/C17H16FN3O2/c18-13-5-1-3-12(9-13)4-2-6-16(22)21-8-7-14-15(10-21)19-11-20-17(14)23/h1-5,9,11H,6-8,10H2,(H,19,20,23)/b4-2+. The SMILES string of the molecule is O=C(C/C=C/c1cccc(F)c1)N1CCc2c(nc[nH]c2=O)C1. The van der Waals surface area contributed by atoms with Crippen LogP contribution in [0.5, 0.6) is 0 Å². The summed E-state index contributed by atoms with van der Waals surface area (Å²) in [5.41, 5.74) is 1.90. The first kappa shape index (κ1) is 15.1. The van der Waals surface area contributed by atoms with Gasteiger partial charge in [-0.15, -0.1) is 0 Å². The molecule has 0 radical (unpaired) electrons. The van der Waals surface area contributed by atoms with E-state index in [0.29, 0.717) is 30.8 Å². The Morgan fingerprint density at radius 3 is 3.13 bits per heavy atom. The smallest absolute Gasteiger partial charge is 0.254 e. The molecule has 2 heterocycles. The van der Waals surface area contributed by atoms with Crippen LogP contribution in [-0.4, -0.2) is 27.3 Å². The molecule has 3 rings (SSSR count). The zero-order valence-corrected chi connectivity index (χ0v) is 12.5. The van der Waals surface area contributed by atoms with Gasteiger partial charge in [-0.1, -0.05) is 24.3 Å². The predicted molar refractivity (Wildman–Crippen MR) is 84.0 cm³/mol. The lowest BCUT2D eigenvalue weighted by molar-refractivity contribution is -0.131. The van der Waals surface area contributed by atoms with E-state index in [9.17, 15) is 14.0 Å². The molecule has 1 amide bonds. The quantitative estimate of drug-likeness (QED) is 0.941. The van der Waals surface area contributed by atoms with Crippen molar-refractivity contribution in [1.29, 1.82) is 0 Å². The third-order valence-electron chi connectivity index (χ3n) is 3.81. The van der Waals surface area contributed by atoms with Crippen LogP contribution in [0.2, 0.25) is 0 Å². The Kier molecular flexibility index (Phi) is 4.32. The minimum Gasteiger partial charge on any atom is -0.336 e. The summed E-state index contributed by atoms with van der Waals surface area (Å²) in [6.07, 6.45) is 5.55. The molecule has 0 saturated heterocycles. The van der Waals surface area contributed by atoms with Crippen molar-refractivity contribution in [1.82, 2.24) is 14.9 Å². The number of aromatic amines is 1. The van der Waals surface area contributed by atoms with E-state index in [2.05, 4.69) is 9.97 Å². The number of nitrogens with one attached hydrogen (secondary N) is 1. The lowest BCUT2D eigenvalue weighted by Crippen LogP contribution is -2.38. The number of carbonyl (C=O) groups excluding carboxylic acids is 1. The van der Waals surface area contributed by atoms with Crippen molar-refractivity contribution in [3.8, 4) is 0 Å². The summed E-state index contributed by atoms with van der Waals surface area (Å²) in [5, 5.41) is 0. The number of nitrogens with zero attached hydrogens (tertiary/aromatic N) is 2.